The number of thioether (sulfide) groups is 1. The van der Waals surface area contributed by atoms with Crippen molar-refractivity contribution >= 4 is 40.3 Å². The van der Waals surface area contributed by atoms with Gasteiger partial charge in [0.1, 0.15) is 5.82 Å². The highest BCUT2D eigenvalue weighted by atomic mass is 32.2. The second-order valence-electron chi connectivity index (χ2n) is 8.16. The topological polar surface area (TPSA) is 78.1 Å². The average molecular weight is 421 g/mol. The maximum atomic E-state index is 13.2. The molecule has 2 amide bonds. The Morgan fingerprint density at radius 2 is 2.03 bits per heavy atom. The maximum absolute atomic E-state index is 13.2. The second-order valence-corrected chi connectivity index (χ2v) is 9.39. The molecule has 30 heavy (non-hydrogen) atoms. The molecule has 3 heterocycles. The van der Waals surface area contributed by atoms with E-state index in [4.69, 9.17) is 0 Å². The van der Waals surface area contributed by atoms with Gasteiger partial charge in [-0.2, -0.15) is 11.8 Å². The number of amides is 2. The molecule has 3 aromatic rings. The highest BCUT2D eigenvalue weighted by molar-refractivity contribution is 7.99. The molecule has 7 heteroatoms. The van der Waals surface area contributed by atoms with E-state index in [1.54, 1.807) is 0 Å². The fraction of sp³-hybridized carbons (Fsp3) is 0.348. The minimum atomic E-state index is -0.430. The summed E-state index contributed by atoms with van der Waals surface area (Å²) in [6, 6.07) is 13.5. The fourth-order valence-corrected chi connectivity index (χ4v) is 5.90. The van der Waals surface area contributed by atoms with Gasteiger partial charge in [-0.15, -0.1) is 0 Å². The smallest absolute Gasteiger partial charge is 0.254 e. The zero-order valence-electron chi connectivity index (χ0n) is 16.9. The summed E-state index contributed by atoms with van der Waals surface area (Å²) in [4.78, 5) is 35.8. The van der Waals surface area contributed by atoms with E-state index >= 15 is 0 Å². The van der Waals surface area contributed by atoms with Crippen molar-refractivity contribution in [2.45, 2.75) is 38.3 Å². The predicted octanol–water partition coefficient (Wildman–Crippen LogP) is 4.12. The van der Waals surface area contributed by atoms with Crippen molar-refractivity contribution in [1.82, 2.24) is 14.9 Å². The molecule has 0 aliphatic carbocycles. The third-order valence-electron chi connectivity index (χ3n) is 6.19. The Bertz CT molecular complexity index is 1130. The molecule has 6 nitrogen and oxygen atoms in total. The summed E-state index contributed by atoms with van der Waals surface area (Å²) in [5.74, 6) is 2.78. The van der Waals surface area contributed by atoms with E-state index in [2.05, 4.69) is 15.3 Å². The van der Waals surface area contributed by atoms with Crippen molar-refractivity contribution in [2.75, 3.05) is 16.8 Å². The fourth-order valence-electron chi connectivity index (χ4n) is 4.65. The third kappa shape index (κ3) is 3.37. The Balaban J connectivity index is 1.38. The van der Waals surface area contributed by atoms with Gasteiger partial charge in [-0.25, -0.2) is 4.98 Å². The number of anilines is 1. The maximum Gasteiger partial charge on any atom is 0.254 e. The van der Waals surface area contributed by atoms with E-state index in [0.717, 1.165) is 58.0 Å². The minimum absolute atomic E-state index is 0.0544. The third-order valence-corrected chi connectivity index (χ3v) is 7.18. The summed E-state index contributed by atoms with van der Waals surface area (Å²) in [6.45, 7) is 2.50. The zero-order valence-corrected chi connectivity index (χ0v) is 17.7. The van der Waals surface area contributed by atoms with Crippen LogP contribution in [0.2, 0.25) is 0 Å². The van der Waals surface area contributed by atoms with E-state index in [0.29, 0.717) is 13.0 Å². The van der Waals surface area contributed by atoms with Crippen LogP contribution in [-0.4, -0.2) is 43.7 Å². The molecule has 2 aromatic carbocycles. The molecule has 2 aliphatic rings. The van der Waals surface area contributed by atoms with Crippen molar-refractivity contribution < 1.29 is 9.59 Å². The van der Waals surface area contributed by atoms with Gasteiger partial charge in [-0.05, 0) is 61.1 Å². The first-order valence-corrected chi connectivity index (χ1v) is 11.4. The lowest BCUT2D eigenvalue weighted by atomic mass is 9.86. The number of aromatic amines is 1. The summed E-state index contributed by atoms with van der Waals surface area (Å²) in [5.41, 5.74) is 3.93. The minimum Gasteiger partial charge on any atom is -0.342 e. The van der Waals surface area contributed by atoms with Crippen molar-refractivity contribution in [3.63, 3.8) is 0 Å². The number of aromatic nitrogens is 2. The molecule has 5 rings (SSSR count). The Labute approximate surface area is 179 Å². The summed E-state index contributed by atoms with van der Waals surface area (Å²) in [5, 5.41) is 3.04. The lowest BCUT2D eigenvalue weighted by Gasteiger charge is -2.44. The lowest BCUT2D eigenvalue weighted by molar-refractivity contribution is -0.119. The molecular formula is C23H24N4O2S. The lowest BCUT2D eigenvalue weighted by Crippen LogP contribution is -2.53. The summed E-state index contributed by atoms with van der Waals surface area (Å²) >= 11 is 1.90. The quantitative estimate of drug-likeness (QED) is 0.666. The van der Waals surface area contributed by atoms with E-state index in [1.165, 1.54) is 0 Å². The van der Waals surface area contributed by atoms with Gasteiger partial charge in [0.15, 0.2) is 0 Å². The molecule has 0 unspecified atom stereocenters. The number of carbonyl (C=O) groups is 2. The number of benzene rings is 2. The van der Waals surface area contributed by atoms with E-state index in [-0.39, 0.29) is 11.8 Å². The van der Waals surface area contributed by atoms with Crippen LogP contribution in [0, 0.1) is 6.92 Å². The van der Waals surface area contributed by atoms with Crippen molar-refractivity contribution in [1.29, 1.82) is 0 Å². The normalized spacial score (nSPS) is 17.9. The highest BCUT2D eigenvalue weighted by Crippen LogP contribution is 2.40. The van der Waals surface area contributed by atoms with Gasteiger partial charge in [0.2, 0.25) is 5.91 Å². The largest absolute Gasteiger partial charge is 0.342 e. The Morgan fingerprint density at radius 1 is 1.23 bits per heavy atom. The molecule has 154 valence electrons. The number of hydrogen-bond acceptors (Lipinski definition) is 4. The Morgan fingerprint density at radius 3 is 2.83 bits per heavy atom. The first kappa shape index (κ1) is 19.2. The van der Waals surface area contributed by atoms with Crippen molar-refractivity contribution in [3.8, 4) is 0 Å². The first-order valence-electron chi connectivity index (χ1n) is 10.3. The number of nitrogens with one attached hydrogen (secondary N) is 2. The number of aryl methyl sites for hydroxylation is 1. The molecule has 0 bridgehead atoms. The monoisotopic (exact) mass is 420 g/mol. The summed E-state index contributed by atoms with van der Waals surface area (Å²) in [6.07, 6.45) is 1.99. The number of nitrogens with zero attached hydrogens (tertiary/aromatic N) is 2. The van der Waals surface area contributed by atoms with Crippen LogP contribution in [-0.2, 0) is 11.3 Å². The number of fused-ring (bicyclic) bond motifs is 2. The molecule has 2 N–H and O–H groups in total. The molecule has 0 spiro atoms. The average Bonchev–Trinajstić information content (AvgIpc) is 3.28. The molecule has 1 saturated heterocycles. The number of carbonyl (C=O) groups excluding carboxylic acids is 2. The second kappa shape index (κ2) is 7.47. The molecular weight excluding hydrogens is 396 g/mol. The standard InChI is InChI=1S/C23H24N4O2S/c1-15-24-19-7-6-17(12-20(19)25-15)26-21(28)13-23(8-10-30-11-9-23)27-14-16-4-2-3-5-18(16)22(27)29/h2-7,12H,8-11,13-14H2,1H3,(H,24,25)(H,26,28). The van der Waals surface area contributed by atoms with Gasteiger partial charge in [-0.3, -0.25) is 9.59 Å². The van der Waals surface area contributed by atoms with Crippen LogP contribution in [0.25, 0.3) is 11.0 Å². The van der Waals surface area contributed by atoms with Gasteiger partial charge < -0.3 is 15.2 Å². The molecule has 1 aromatic heterocycles. The van der Waals surface area contributed by atoms with Gasteiger partial charge in [-0.1, -0.05) is 18.2 Å². The molecule has 0 radical (unpaired) electrons. The number of imidazole rings is 1. The summed E-state index contributed by atoms with van der Waals surface area (Å²) in [7, 11) is 0. The van der Waals surface area contributed by atoms with Crippen LogP contribution in [0.15, 0.2) is 42.5 Å². The van der Waals surface area contributed by atoms with Crippen LogP contribution in [0.3, 0.4) is 0 Å². The van der Waals surface area contributed by atoms with Gasteiger partial charge in [0.25, 0.3) is 5.91 Å². The number of H-pyrrole nitrogens is 1. The van der Waals surface area contributed by atoms with Crippen LogP contribution >= 0.6 is 11.8 Å². The molecule has 2 aliphatic heterocycles. The Kier molecular flexibility index (Phi) is 4.77. The molecule has 1 fully saturated rings. The van der Waals surface area contributed by atoms with Gasteiger partial charge in [0, 0.05) is 17.8 Å². The Hall–Kier alpha value is -2.80. The SMILES string of the molecule is Cc1nc2ccc(NC(=O)CC3(N4Cc5ccccc5C4=O)CCSCC3)cc2[nH]1. The van der Waals surface area contributed by atoms with Crippen LogP contribution in [0.1, 0.15) is 41.0 Å². The molecule has 0 saturated carbocycles. The van der Waals surface area contributed by atoms with Crippen molar-refractivity contribution in [2.24, 2.45) is 0 Å². The summed E-state index contributed by atoms with van der Waals surface area (Å²) < 4.78 is 0. The number of rotatable bonds is 4. The molecule has 0 atom stereocenters. The van der Waals surface area contributed by atoms with E-state index in [9.17, 15) is 9.59 Å². The van der Waals surface area contributed by atoms with E-state index < -0.39 is 5.54 Å². The van der Waals surface area contributed by atoms with Crippen LogP contribution in [0.4, 0.5) is 5.69 Å². The highest BCUT2D eigenvalue weighted by Gasteiger charge is 2.45. The van der Waals surface area contributed by atoms with Gasteiger partial charge >= 0.3 is 0 Å². The van der Waals surface area contributed by atoms with Crippen LogP contribution in [0.5, 0.6) is 0 Å². The van der Waals surface area contributed by atoms with Crippen molar-refractivity contribution in [3.05, 3.63) is 59.4 Å². The zero-order chi connectivity index (χ0) is 20.7. The van der Waals surface area contributed by atoms with E-state index in [1.807, 2.05) is 66.1 Å². The number of hydrogen-bond donors (Lipinski definition) is 2. The predicted molar refractivity (Wildman–Crippen MR) is 120 cm³/mol. The van der Waals surface area contributed by atoms with Crippen LogP contribution < -0.4 is 5.32 Å². The first-order chi connectivity index (χ1) is 14.5. The van der Waals surface area contributed by atoms with Gasteiger partial charge in [0.05, 0.1) is 23.0 Å².